The molecule has 0 bridgehead atoms. The molecule has 0 aliphatic carbocycles. The predicted octanol–water partition coefficient (Wildman–Crippen LogP) is 1.55. The molecule has 106 valence electrons. The first kappa shape index (κ1) is 14.3. The van der Waals surface area contributed by atoms with Crippen LogP contribution in [0.2, 0.25) is 0 Å². The first-order valence-corrected chi connectivity index (χ1v) is 6.69. The summed E-state index contributed by atoms with van der Waals surface area (Å²) in [7, 11) is 4.04. The molecular formula is C15H20N4O. The molecule has 2 rings (SSSR count). The van der Waals surface area contributed by atoms with Crippen LogP contribution in [0.25, 0.3) is 5.69 Å². The number of carbonyl (C=O) groups is 1. The van der Waals surface area contributed by atoms with E-state index in [1.807, 2.05) is 44.4 Å². The molecule has 0 atom stereocenters. The molecule has 0 aliphatic heterocycles. The van der Waals surface area contributed by atoms with Crippen molar-refractivity contribution in [1.82, 2.24) is 19.8 Å². The van der Waals surface area contributed by atoms with Crippen LogP contribution in [-0.2, 0) is 0 Å². The van der Waals surface area contributed by atoms with Crippen molar-refractivity contribution in [1.29, 1.82) is 0 Å². The van der Waals surface area contributed by atoms with E-state index in [2.05, 4.69) is 15.2 Å². The van der Waals surface area contributed by atoms with Gasteiger partial charge in [-0.15, -0.1) is 0 Å². The number of para-hydroxylation sites is 1. The van der Waals surface area contributed by atoms with E-state index in [1.54, 1.807) is 17.1 Å². The highest BCUT2D eigenvalue weighted by Gasteiger charge is 2.12. The Labute approximate surface area is 119 Å². The van der Waals surface area contributed by atoms with E-state index in [9.17, 15) is 4.79 Å². The maximum absolute atomic E-state index is 12.2. The average molecular weight is 272 g/mol. The molecule has 1 aromatic carbocycles. The molecular weight excluding hydrogens is 252 g/mol. The molecule has 1 N–H and O–H groups in total. The monoisotopic (exact) mass is 272 g/mol. The number of amides is 1. The molecule has 20 heavy (non-hydrogen) atoms. The second-order valence-electron chi connectivity index (χ2n) is 4.90. The quantitative estimate of drug-likeness (QED) is 0.812. The third-order valence-electron chi connectivity index (χ3n) is 2.97. The maximum Gasteiger partial charge on any atom is 0.269 e. The highest BCUT2D eigenvalue weighted by Crippen LogP contribution is 2.10. The van der Waals surface area contributed by atoms with Gasteiger partial charge in [0.25, 0.3) is 5.91 Å². The van der Waals surface area contributed by atoms with Crippen molar-refractivity contribution in [3.63, 3.8) is 0 Å². The standard InChI is InChI=1S/C15H20N4O/c1-18(2)10-6-9-17-15(20)14-11-16-12-19(14)13-7-4-3-5-8-13/h3-5,7-8,11-12H,6,9-10H2,1-2H3,(H,17,20). The topological polar surface area (TPSA) is 50.2 Å². The van der Waals surface area contributed by atoms with Crippen molar-refractivity contribution in [2.75, 3.05) is 27.2 Å². The van der Waals surface area contributed by atoms with Crippen molar-refractivity contribution in [2.45, 2.75) is 6.42 Å². The molecule has 1 heterocycles. The zero-order valence-corrected chi connectivity index (χ0v) is 11.9. The predicted molar refractivity (Wildman–Crippen MR) is 79.1 cm³/mol. The van der Waals surface area contributed by atoms with Gasteiger partial charge in [0.15, 0.2) is 0 Å². The number of rotatable bonds is 6. The Kier molecular flexibility index (Phi) is 4.90. The van der Waals surface area contributed by atoms with Crippen LogP contribution in [0.5, 0.6) is 0 Å². The first-order valence-electron chi connectivity index (χ1n) is 6.69. The minimum Gasteiger partial charge on any atom is -0.351 e. The van der Waals surface area contributed by atoms with Crippen molar-refractivity contribution >= 4 is 5.91 Å². The smallest absolute Gasteiger partial charge is 0.269 e. The highest BCUT2D eigenvalue weighted by molar-refractivity contribution is 5.92. The maximum atomic E-state index is 12.2. The SMILES string of the molecule is CN(C)CCCNC(=O)c1cncn1-c1ccccc1. The van der Waals surface area contributed by atoms with Crippen molar-refractivity contribution in [2.24, 2.45) is 0 Å². The van der Waals surface area contributed by atoms with Gasteiger partial charge in [-0.3, -0.25) is 9.36 Å². The fourth-order valence-corrected chi connectivity index (χ4v) is 1.95. The lowest BCUT2D eigenvalue weighted by Crippen LogP contribution is -2.28. The van der Waals surface area contributed by atoms with Gasteiger partial charge in [-0.1, -0.05) is 18.2 Å². The van der Waals surface area contributed by atoms with Gasteiger partial charge in [-0.05, 0) is 39.2 Å². The van der Waals surface area contributed by atoms with Gasteiger partial charge in [-0.2, -0.15) is 0 Å². The molecule has 5 heteroatoms. The number of hydrogen-bond donors (Lipinski definition) is 1. The lowest BCUT2D eigenvalue weighted by Gasteiger charge is -2.11. The minimum absolute atomic E-state index is 0.0925. The summed E-state index contributed by atoms with van der Waals surface area (Å²) >= 11 is 0. The van der Waals surface area contributed by atoms with Crippen LogP contribution in [0.1, 0.15) is 16.9 Å². The summed E-state index contributed by atoms with van der Waals surface area (Å²) in [6.07, 6.45) is 4.18. The molecule has 2 aromatic rings. The van der Waals surface area contributed by atoms with E-state index in [-0.39, 0.29) is 5.91 Å². The summed E-state index contributed by atoms with van der Waals surface area (Å²) in [5, 5.41) is 2.92. The molecule has 5 nitrogen and oxygen atoms in total. The second-order valence-corrected chi connectivity index (χ2v) is 4.90. The third kappa shape index (κ3) is 3.68. The number of hydrogen-bond acceptors (Lipinski definition) is 3. The fourth-order valence-electron chi connectivity index (χ4n) is 1.95. The van der Waals surface area contributed by atoms with E-state index in [0.717, 1.165) is 18.7 Å². The van der Waals surface area contributed by atoms with Crippen LogP contribution in [0.3, 0.4) is 0 Å². The lowest BCUT2D eigenvalue weighted by atomic mass is 10.3. The van der Waals surface area contributed by atoms with Gasteiger partial charge in [0.2, 0.25) is 0 Å². The number of imidazole rings is 1. The number of benzene rings is 1. The summed E-state index contributed by atoms with van der Waals surface area (Å²) in [5.74, 6) is -0.0925. The van der Waals surface area contributed by atoms with E-state index >= 15 is 0 Å². The molecule has 0 unspecified atom stereocenters. The minimum atomic E-state index is -0.0925. The highest BCUT2D eigenvalue weighted by atomic mass is 16.1. The Hall–Kier alpha value is -2.14. The third-order valence-corrected chi connectivity index (χ3v) is 2.97. The van der Waals surface area contributed by atoms with Crippen molar-refractivity contribution < 1.29 is 4.79 Å². The number of carbonyl (C=O) groups excluding carboxylic acids is 1. The second kappa shape index (κ2) is 6.86. The largest absolute Gasteiger partial charge is 0.351 e. The Bertz CT molecular complexity index is 548. The zero-order chi connectivity index (χ0) is 14.4. The molecule has 1 amide bonds. The van der Waals surface area contributed by atoms with Crippen LogP contribution in [0.4, 0.5) is 0 Å². The number of aromatic nitrogens is 2. The Balaban J connectivity index is 1.99. The Morgan fingerprint density at radius 2 is 2.05 bits per heavy atom. The summed E-state index contributed by atoms with van der Waals surface area (Å²) in [6.45, 7) is 1.62. The molecule has 0 radical (unpaired) electrons. The van der Waals surface area contributed by atoms with Crippen LogP contribution in [0.15, 0.2) is 42.9 Å². The van der Waals surface area contributed by atoms with Gasteiger partial charge in [0.05, 0.1) is 12.5 Å². The van der Waals surface area contributed by atoms with E-state index < -0.39 is 0 Å². The average Bonchev–Trinajstić information content (AvgIpc) is 2.93. The molecule has 0 saturated heterocycles. The molecule has 0 fully saturated rings. The van der Waals surface area contributed by atoms with Gasteiger partial charge in [0, 0.05) is 12.2 Å². The summed E-state index contributed by atoms with van der Waals surface area (Å²) < 4.78 is 1.79. The van der Waals surface area contributed by atoms with Crippen LogP contribution in [-0.4, -0.2) is 47.5 Å². The first-order chi connectivity index (χ1) is 9.68. The van der Waals surface area contributed by atoms with Gasteiger partial charge in [0.1, 0.15) is 5.69 Å². The van der Waals surface area contributed by atoms with Crippen molar-refractivity contribution in [3.8, 4) is 5.69 Å². The van der Waals surface area contributed by atoms with Crippen LogP contribution >= 0.6 is 0 Å². The van der Waals surface area contributed by atoms with Crippen molar-refractivity contribution in [3.05, 3.63) is 48.5 Å². The van der Waals surface area contributed by atoms with Gasteiger partial charge >= 0.3 is 0 Å². The zero-order valence-electron chi connectivity index (χ0n) is 11.9. The number of nitrogens with one attached hydrogen (secondary N) is 1. The molecule has 0 aliphatic rings. The summed E-state index contributed by atoms with van der Waals surface area (Å²) in [4.78, 5) is 18.3. The van der Waals surface area contributed by atoms with Gasteiger partial charge in [-0.25, -0.2) is 4.98 Å². The van der Waals surface area contributed by atoms with Gasteiger partial charge < -0.3 is 10.2 Å². The summed E-state index contributed by atoms with van der Waals surface area (Å²) in [5.41, 5.74) is 1.49. The summed E-state index contributed by atoms with van der Waals surface area (Å²) in [6, 6.07) is 9.72. The number of nitrogens with zero attached hydrogens (tertiary/aromatic N) is 3. The fraction of sp³-hybridized carbons (Fsp3) is 0.333. The normalized spacial score (nSPS) is 10.8. The van der Waals surface area contributed by atoms with E-state index in [1.165, 1.54) is 0 Å². The molecule has 0 saturated carbocycles. The van der Waals surface area contributed by atoms with E-state index in [4.69, 9.17) is 0 Å². The van der Waals surface area contributed by atoms with Crippen LogP contribution < -0.4 is 5.32 Å². The Morgan fingerprint density at radius 3 is 2.75 bits per heavy atom. The lowest BCUT2D eigenvalue weighted by molar-refractivity contribution is 0.0945. The van der Waals surface area contributed by atoms with E-state index in [0.29, 0.717) is 12.2 Å². The molecule has 0 spiro atoms. The Morgan fingerprint density at radius 1 is 1.30 bits per heavy atom. The molecule has 1 aromatic heterocycles. The van der Waals surface area contributed by atoms with Crippen LogP contribution in [0, 0.1) is 0 Å².